The van der Waals surface area contributed by atoms with Gasteiger partial charge in [-0.15, -0.1) is 0 Å². The lowest BCUT2D eigenvalue weighted by Gasteiger charge is -2.58. The summed E-state index contributed by atoms with van der Waals surface area (Å²) in [5, 5.41) is 11.0. The standard InChI is InChI=1S/C27H40O4/c1-16(5-10-24(29)17(2)25(30)31)21-8-9-22-20-7-6-18-15-19(28)11-13-26(18,3)23(20)12-14-27(21,22)4/h15-17,20-23H,5-14H2,1-4H3,(H,30,31)/p-1/t16-,17?,20+,21-,22+,23+,26+,27-/m1/s1. The molecule has 0 aliphatic heterocycles. The third-order valence-electron chi connectivity index (χ3n) is 10.4. The molecule has 4 heteroatoms. The molecule has 1 unspecified atom stereocenters. The minimum atomic E-state index is -1.26. The molecule has 0 amide bonds. The summed E-state index contributed by atoms with van der Waals surface area (Å²) in [7, 11) is 0. The number of carbonyl (C=O) groups is 3. The Morgan fingerprint density at radius 1 is 1.06 bits per heavy atom. The highest BCUT2D eigenvalue weighted by Crippen LogP contribution is 2.67. The lowest BCUT2D eigenvalue weighted by molar-refractivity contribution is -0.309. The summed E-state index contributed by atoms with van der Waals surface area (Å²) in [6.07, 6.45) is 12.2. The number of carboxylic acid groups (broad SMARTS) is 1. The highest BCUT2D eigenvalue weighted by Gasteiger charge is 2.59. The SMILES string of the molecule is CC(C(=O)[O-])C(=O)CC[C@@H](C)[C@H]1CC[C@H]2[C@@H]3CCC4=CC(=O)CC[C@]4(C)[C@H]3CC[C@]12C. The molecule has 0 saturated heterocycles. The normalized spacial score (nSPS) is 41.4. The van der Waals surface area contributed by atoms with Crippen molar-refractivity contribution < 1.29 is 19.5 Å². The zero-order valence-corrected chi connectivity index (χ0v) is 19.7. The average molecular weight is 428 g/mol. The van der Waals surface area contributed by atoms with Crippen molar-refractivity contribution >= 4 is 17.5 Å². The second-order valence-electron chi connectivity index (χ2n) is 11.7. The van der Waals surface area contributed by atoms with Crippen LogP contribution in [0.3, 0.4) is 0 Å². The van der Waals surface area contributed by atoms with Crippen LogP contribution in [0.2, 0.25) is 0 Å². The van der Waals surface area contributed by atoms with Gasteiger partial charge in [-0.1, -0.05) is 33.3 Å². The molecule has 0 N–H and O–H groups in total. The topological polar surface area (TPSA) is 74.3 Å². The smallest absolute Gasteiger partial charge is 0.155 e. The molecule has 31 heavy (non-hydrogen) atoms. The minimum absolute atomic E-state index is 0.193. The monoisotopic (exact) mass is 427 g/mol. The van der Waals surface area contributed by atoms with E-state index >= 15 is 0 Å². The molecular formula is C27H39O4-. The first-order chi connectivity index (χ1) is 14.6. The summed E-state index contributed by atoms with van der Waals surface area (Å²) in [6.45, 7) is 8.66. The summed E-state index contributed by atoms with van der Waals surface area (Å²) < 4.78 is 0. The maximum Gasteiger partial charge on any atom is 0.155 e. The fraction of sp³-hybridized carbons (Fsp3) is 0.815. The number of hydrogen-bond donors (Lipinski definition) is 0. The zero-order chi connectivity index (χ0) is 22.6. The Hall–Kier alpha value is -1.45. The number of Topliss-reactive ketones (excluding diaryl/α,β-unsaturated/α-hetero) is 1. The Labute approximate surface area is 187 Å². The fourth-order valence-electron chi connectivity index (χ4n) is 8.45. The van der Waals surface area contributed by atoms with Crippen LogP contribution in [0.1, 0.15) is 91.9 Å². The Morgan fingerprint density at radius 3 is 2.52 bits per heavy atom. The van der Waals surface area contributed by atoms with Crippen molar-refractivity contribution in [2.45, 2.75) is 91.9 Å². The minimum Gasteiger partial charge on any atom is -0.549 e. The largest absolute Gasteiger partial charge is 0.549 e. The van der Waals surface area contributed by atoms with Crippen LogP contribution in [0.15, 0.2) is 11.6 Å². The molecule has 4 rings (SSSR count). The van der Waals surface area contributed by atoms with E-state index in [0.29, 0.717) is 41.8 Å². The van der Waals surface area contributed by atoms with Gasteiger partial charge in [0.2, 0.25) is 0 Å². The van der Waals surface area contributed by atoms with E-state index in [1.807, 2.05) is 6.08 Å². The third kappa shape index (κ3) is 3.72. The van der Waals surface area contributed by atoms with Crippen molar-refractivity contribution in [3.8, 4) is 0 Å². The molecular weight excluding hydrogens is 388 g/mol. The molecule has 4 aliphatic rings. The Balaban J connectivity index is 1.46. The van der Waals surface area contributed by atoms with Crippen molar-refractivity contribution in [2.24, 2.45) is 46.3 Å². The number of hydrogen-bond acceptors (Lipinski definition) is 4. The number of aliphatic carboxylic acids is 1. The summed E-state index contributed by atoms with van der Waals surface area (Å²) in [5.41, 5.74) is 1.97. The number of rotatable bonds is 6. The first kappa shape index (κ1) is 22.7. The molecule has 0 radical (unpaired) electrons. The molecule has 0 spiro atoms. The van der Waals surface area contributed by atoms with Gasteiger partial charge in [0.15, 0.2) is 5.78 Å². The Bertz CT molecular complexity index is 797. The number of allylic oxidation sites excluding steroid dienone is 1. The molecule has 0 aromatic carbocycles. The maximum absolute atomic E-state index is 12.2. The molecule has 0 bridgehead atoms. The summed E-state index contributed by atoms with van der Waals surface area (Å²) in [6, 6.07) is 0. The van der Waals surface area contributed by atoms with Crippen molar-refractivity contribution in [1.29, 1.82) is 0 Å². The van der Waals surface area contributed by atoms with Crippen molar-refractivity contribution in [3.63, 3.8) is 0 Å². The highest BCUT2D eigenvalue weighted by molar-refractivity contribution is 5.96. The summed E-state index contributed by atoms with van der Waals surface area (Å²) in [4.78, 5) is 35.2. The summed E-state index contributed by atoms with van der Waals surface area (Å²) in [5.74, 6) is 1.13. The van der Waals surface area contributed by atoms with Gasteiger partial charge in [-0.3, -0.25) is 9.59 Å². The molecule has 4 aliphatic carbocycles. The summed E-state index contributed by atoms with van der Waals surface area (Å²) >= 11 is 0. The van der Waals surface area contributed by atoms with Gasteiger partial charge in [0.05, 0.1) is 11.9 Å². The fourth-order valence-corrected chi connectivity index (χ4v) is 8.45. The first-order valence-electron chi connectivity index (χ1n) is 12.6. The maximum atomic E-state index is 12.2. The molecule has 0 aromatic rings. The van der Waals surface area contributed by atoms with E-state index < -0.39 is 11.9 Å². The molecule has 3 saturated carbocycles. The number of carbonyl (C=O) groups excluding carboxylic acids is 3. The van der Waals surface area contributed by atoms with Crippen LogP contribution in [0.4, 0.5) is 0 Å². The lowest BCUT2D eigenvalue weighted by Crippen LogP contribution is -2.51. The van der Waals surface area contributed by atoms with Crippen LogP contribution in [-0.4, -0.2) is 17.5 Å². The number of ketones is 2. The Morgan fingerprint density at radius 2 is 1.81 bits per heavy atom. The number of fused-ring (bicyclic) bond motifs is 5. The molecule has 3 fully saturated rings. The van der Waals surface area contributed by atoms with Crippen LogP contribution >= 0.6 is 0 Å². The van der Waals surface area contributed by atoms with Crippen molar-refractivity contribution in [3.05, 3.63) is 11.6 Å². The number of carboxylic acids is 1. The van der Waals surface area contributed by atoms with Gasteiger partial charge >= 0.3 is 0 Å². The molecule has 0 heterocycles. The van der Waals surface area contributed by atoms with E-state index in [1.165, 1.54) is 44.6 Å². The average Bonchev–Trinajstić information content (AvgIpc) is 3.09. The zero-order valence-electron chi connectivity index (χ0n) is 19.7. The van der Waals surface area contributed by atoms with Crippen LogP contribution < -0.4 is 5.11 Å². The second-order valence-corrected chi connectivity index (χ2v) is 11.7. The highest BCUT2D eigenvalue weighted by atomic mass is 16.4. The van der Waals surface area contributed by atoms with E-state index in [9.17, 15) is 19.5 Å². The van der Waals surface area contributed by atoms with Gasteiger partial charge in [0.25, 0.3) is 0 Å². The van der Waals surface area contributed by atoms with Gasteiger partial charge in [-0.2, -0.15) is 0 Å². The lowest BCUT2D eigenvalue weighted by atomic mass is 9.46. The van der Waals surface area contributed by atoms with Crippen LogP contribution in [0, 0.1) is 46.3 Å². The predicted octanol–water partition coefficient (Wildman–Crippen LogP) is 4.51. The molecule has 4 nitrogen and oxygen atoms in total. The quantitative estimate of drug-likeness (QED) is 0.585. The van der Waals surface area contributed by atoms with Crippen molar-refractivity contribution in [1.82, 2.24) is 0 Å². The van der Waals surface area contributed by atoms with Gasteiger partial charge in [-0.05, 0) is 97.9 Å². The molecule has 172 valence electrons. The van der Waals surface area contributed by atoms with Crippen molar-refractivity contribution in [2.75, 3.05) is 0 Å². The Kier molecular flexibility index (Phi) is 5.98. The molecule has 8 atom stereocenters. The van der Waals surface area contributed by atoms with Crippen LogP contribution in [0.5, 0.6) is 0 Å². The van der Waals surface area contributed by atoms with Crippen LogP contribution in [0.25, 0.3) is 0 Å². The van der Waals surface area contributed by atoms with Gasteiger partial charge in [0.1, 0.15) is 5.78 Å². The van der Waals surface area contributed by atoms with E-state index in [0.717, 1.165) is 31.1 Å². The van der Waals surface area contributed by atoms with Gasteiger partial charge in [0, 0.05) is 12.8 Å². The van der Waals surface area contributed by atoms with Gasteiger partial charge < -0.3 is 9.90 Å². The van der Waals surface area contributed by atoms with E-state index in [4.69, 9.17) is 0 Å². The second kappa shape index (κ2) is 8.15. The third-order valence-corrected chi connectivity index (χ3v) is 10.4. The molecule has 0 aromatic heterocycles. The van der Waals surface area contributed by atoms with E-state index in [1.54, 1.807) is 0 Å². The van der Waals surface area contributed by atoms with E-state index in [-0.39, 0.29) is 11.2 Å². The van der Waals surface area contributed by atoms with E-state index in [2.05, 4.69) is 20.8 Å². The predicted molar refractivity (Wildman–Crippen MR) is 118 cm³/mol. The first-order valence-corrected chi connectivity index (χ1v) is 12.6. The van der Waals surface area contributed by atoms with Gasteiger partial charge in [-0.25, -0.2) is 0 Å². The van der Waals surface area contributed by atoms with Crippen LogP contribution in [-0.2, 0) is 14.4 Å².